The van der Waals surface area contributed by atoms with Gasteiger partial charge >= 0.3 is 0 Å². The van der Waals surface area contributed by atoms with Gasteiger partial charge in [0.15, 0.2) is 0 Å². The highest BCUT2D eigenvalue weighted by Crippen LogP contribution is 2.04. The molecule has 0 unspecified atom stereocenters. The van der Waals surface area contributed by atoms with E-state index in [4.69, 9.17) is 23.2 Å². The van der Waals surface area contributed by atoms with Crippen molar-refractivity contribution in [2.75, 3.05) is 13.1 Å². The van der Waals surface area contributed by atoms with Crippen LogP contribution in [0.1, 0.15) is 45.4 Å². The van der Waals surface area contributed by atoms with E-state index in [9.17, 15) is 0 Å². The first kappa shape index (κ1) is 14.3. The van der Waals surface area contributed by atoms with Gasteiger partial charge in [0.05, 0.1) is 0 Å². The topological polar surface area (TPSA) is 12.0 Å². The number of halogens is 2. The number of hydrogen-bond donors (Lipinski definition) is 1. The molecule has 0 aromatic rings. The molecule has 0 aromatic carbocycles. The number of hydrogen-bond acceptors (Lipinski definition) is 1. The van der Waals surface area contributed by atoms with Crippen LogP contribution in [0.2, 0.25) is 0 Å². The van der Waals surface area contributed by atoms with Crippen molar-refractivity contribution in [3.05, 3.63) is 10.6 Å². The molecule has 0 bridgehead atoms. The van der Waals surface area contributed by atoms with E-state index < -0.39 is 0 Å². The normalized spacial score (nSPS) is 12.1. The Kier molecular flexibility index (Phi) is 11.6. The Morgan fingerprint density at radius 1 is 1.14 bits per heavy atom. The Hall–Kier alpha value is 0.280. The van der Waals surface area contributed by atoms with Crippen LogP contribution in [0.4, 0.5) is 0 Å². The summed E-state index contributed by atoms with van der Waals surface area (Å²) in [4.78, 5) is 0. The van der Waals surface area contributed by atoms with Crippen molar-refractivity contribution in [2.24, 2.45) is 0 Å². The van der Waals surface area contributed by atoms with Gasteiger partial charge in [-0.15, -0.1) is 0 Å². The van der Waals surface area contributed by atoms with Crippen LogP contribution in [0, 0.1) is 0 Å². The molecule has 0 aliphatic rings. The van der Waals surface area contributed by atoms with Crippen LogP contribution < -0.4 is 5.32 Å². The fraction of sp³-hybridized carbons (Fsp3) is 0.818. The highest BCUT2D eigenvalue weighted by atomic mass is 35.5. The van der Waals surface area contributed by atoms with Crippen molar-refractivity contribution >= 4 is 23.2 Å². The van der Waals surface area contributed by atoms with E-state index >= 15 is 0 Å². The molecule has 0 heterocycles. The van der Waals surface area contributed by atoms with Gasteiger partial charge in [0.2, 0.25) is 0 Å². The quantitative estimate of drug-likeness (QED) is 0.592. The zero-order chi connectivity index (χ0) is 10.6. The highest BCUT2D eigenvalue weighted by Gasteiger charge is 1.92. The zero-order valence-corrected chi connectivity index (χ0v) is 10.5. The predicted molar refractivity (Wildman–Crippen MR) is 66.0 cm³/mol. The van der Waals surface area contributed by atoms with E-state index in [0.717, 1.165) is 6.54 Å². The molecule has 1 N–H and O–H groups in total. The SMILES string of the molecule is CCCCCCCCNCC(Cl)=CCl. The molecule has 0 aliphatic carbocycles. The maximum atomic E-state index is 5.71. The monoisotopic (exact) mass is 237 g/mol. The second kappa shape index (κ2) is 11.4. The first-order chi connectivity index (χ1) is 6.81. The van der Waals surface area contributed by atoms with Gasteiger partial charge < -0.3 is 5.32 Å². The van der Waals surface area contributed by atoms with Crippen LogP contribution >= 0.6 is 23.2 Å². The summed E-state index contributed by atoms with van der Waals surface area (Å²) in [7, 11) is 0. The van der Waals surface area contributed by atoms with Crippen molar-refractivity contribution in [3.8, 4) is 0 Å². The number of unbranched alkanes of at least 4 members (excludes halogenated alkanes) is 5. The lowest BCUT2D eigenvalue weighted by Gasteiger charge is -2.03. The Labute approximate surface area is 97.9 Å². The average Bonchev–Trinajstić information content (AvgIpc) is 2.21. The maximum absolute atomic E-state index is 5.71. The second-order valence-electron chi connectivity index (χ2n) is 3.50. The Morgan fingerprint density at radius 3 is 2.43 bits per heavy atom. The summed E-state index contributed by atoms with van der Waals surface area (Å²) in [5, 5.41) is 3.92. The summed E-state index contributed by atoms with van der Waals surface area (Å²) < 4.78 is 0. The molecule has 0 fully saturated rings. The van der Waals surface area contributed by atoms with Crippen LogP contribution in [0.5, 0.6) is 0 Å². The maximum Gasteiger partial charge on any atom is 0.0431 e. The molecule has 0 aromatic heterocycles. The summed E-state index contributed by atoms with van der Waals surface area (Å²) in [6.07, 6.45) is 7.96. The van der Waals surface area contributed by atoms with Gasteiger partial charge in [-0.05, 0) is 13.0 Å². The molecule has 0 aliphatic heterocycles. The third-order valence-electron chi connectivity index (χ3n) is 2.12. The third-order valence-corrected chi connectivity index (χ3v) is 2.74. The predicted octanol–water partition coefficient (Wildman–Crippen LogP) is 4.26. The lowest BCUT2D eigenvalue weighted by Crippen LogP contribution is -2.16. The molecule has 84 valence electrons. The van der Waals surface area contributed by atoms with Crippen LogP contribution in [0.15, 0.2) is 10.6 Å². The molecule has 0 radical (unpaired) electrons. The van der Waals surface area contributed by atoms with Crippen molar-refractivity contribution in [3.63, 3.8) is 0 Å². The smallest absolute Gasteiger partial charge is 0.0431 e. The lowest BCUT2D eigenvalue weighted by molar-refractivity contribution is 0.584. The molecule has 0 amide bonds. The zero-order valence-electron chi connectivity index (χ0n) is 8.99. The minimum Gasteiger partial charge on any atom is -0.312 e. The minimum absolute atomic E-state index is 0.678. The third kappa shape index (κ3) is 10.4. The molecule has 14 heavy (non-hydrogen) atoms. The largest absolute Gasteiger partial charge is 0.312 e. The fourth-order valence-corrected chi connectivity index (χ4v) is 1.45. The molecule has 1 nitrogen and oxygen atoms in total. The summed E-state index contributed by atoms with van der Waals surface area (Å²) in [6, 6.07) is 0. The van der Waals surface area contributed by atoms with Crippen LogP contribution in [0.3, 0.4) is 0 Å². The number of nitrogens with one attached hydrogen (secondary N) is 1. The molecule has 0 atom stereocenters. The van der Waals surface area contributed by atoms with Gasteiger partial charge in [-0.3, -0.25) is 0 Å². The van der Waals surface area contributed by atoms with E-state index in [0.29, 0.717) is 11.6 Å². The van der Waals surface area contributed by atoms with Gasteiger partial charge in [0.1, 0.15) is 0 Å². The molecular weight excluding hydrogens is 217 g/mol. The Balaban J connectivity index is 2.99. The minimum atomic E-state index is 0.678. The van der Waals surface area contributed by atoms with Crippen molar-refractivity contribution < 1.29 is 0 Å². The summed E-state index contributed by atoms with van der Waals surface area (Å²) in [6.45, 7) is 3.97. The van der Waals surface area contributed by atoms with Crippen LogP contribution in [-0.4, -0.2) is 13.1 Å². The Bertz CT molecular complexity index is 146. The highest BCUT2D eigenvalue weighted by molar-refractivity contribution is 6.36. The lowest BCUT2D eigenvalue weighted by atomic mass is 10.1. The fourth-order valence-electron chi connectivity index (χ4n) is 1.28. The van der Waals surface area contributed by atoms with E-state index in [1.807, 2.05) is 0 Å². The van der Waals surface area contributed by atoms with Crippen molar-refractivity contribution in [1.29, 1.82) is 0 Å². The average molecular weight is 238 g/mol. The first-order valence-electron chi connectivity index (χ1n) is 5.46. The van der Waals surface area contributed by atoms with E-state index in [1.54, 1.807) is 0 Å². The molecular formula is C11H21Cl2N. The van der Waals surface area contributed by atoms with Crippen molar-refractivity contribution in [2.45, 2.75) is 45.4 Å². The summed E-state index contributed by atoms with van der Waals surface area (Å²) in [5.74, 6) is 0. The van der Waals surface area contributed by atoms with Gasteiger partial charge in [0.25, 0.3) is 0 Å². The summed E-state index contributed by atoms with van der Waals surface area (Å²) >= 11 is 11.1. The van der Waals surface area contributed by atoms with Gasteiger partial charge in [0, 0.05) is 17.1 Å². The Morgan fingerprint density at radius 2 is 1.79 bits per heavy atom. The molecule has 0 saturated carbocycles. The van der Waals surface area contributed by atoms with Crippen LogP contribution in [-0.2, 0) is 0 Å². The molecule has 3 heteroatoms. The number of rotatable bonds is 9. The van der Waals surface area contributed by atoms with Crippen LogP contribution in [0.25, 0.3) is 0 Å². The van der Waals surface area contributed by atoms with E-state index in [2.05, 4.69) is 12.2 Å². The van der Waals surface area contributed by atoms with Crippen molar-refractivity contribution in [1.82, 2.24) is 5.32 Å². The molecule has 0 spiro atoms. The van der Waals surface area contributed by atoms with E-state index in [-0.39, 0.29) is 0 Å². The van der Waals surface area contributed by atoms with E-state index in [1.165, 1.54) is 44.1 Å². The van der Waals surface area contributed by atoms with Gasteiger partial charge in [-0.1, -0.05) is 62.2 Å². The molecule has 0 rings (SSSR count). The molecule has 0 saturated heterocycles. The second-order valence-corrected chi connectivity index (χ2v) is 4.20. The van der Waals surface area contributed by atoms with Gasteiger partial charge in [-0.2, -0.15) is 0 Å². The summed E-state index contributed by atoms with van der Waals surface area (Å²) in [5.41, 5.74) is 1.41. The van der Waals surface area contributed by atoms with Gasteiger partial charge in [-0.25, -0.2) is 0 Å². The first-order valence-corrected chi connectivity index (χ1v) is 6.28. The standard InChI is InChI=1S/C11H21Cl2N/c1-2-3-4-5-6-7-8-14-10-11(13)9-12/h9,14H,2-8,10H2,1H3.